The highest BCUT2D eigenvalue weighted by atomic mass is 16.7. The summed E-state index contributed by atoms with van der Waals surface area (Å²) in [6.45, 7) is 4.80. The maximum absolute atomic E-state index is 13.0. The van der Waals surface area contributed by atoms with Crippen molar-refractivity contribution >= 4 is 17.9 Å². The molecule has 0 fully saturated rings. The minimum atomic E-state index is -1.52. The predicted molar refractivity (Wildman–Crippen MR) is 447 cm³/mol. The molecule has 9 heteroatoms. The first-order valence-electron chi connectivity index (χ1n) is 43.7. The van der Waals surface area contributed by atoms with E-state index in [2.05, 4.69) is 135 Å². The molecule has 2 atom stereocenters. The minimum absolute atomic E-state index is 0.182. The predicted octanol–water partition coefficient (Wildman–Crippen LogP) is 28.6. The number of ether oxygens (including phenoxy) is 4. The molecule has 0 aliphatic rings. The van der Waals surface area contributed by atoms with Gasteiger partial charge in [-0.1, -0.05) is 418 Å². The second kappa shape index (κ2) is 83.3. The lowest BCUT2D eigenvalue weighted by Gasteiger charge is -2.25. The van der Waals surface area contributed by atoms with Gasteiger partial charge >= 0.3 is 17.9 Å². The first-order valence-corrected chi connectivity index (χ1v) is 43.7. The number of carbonyl (C=O) groups is 3. The van der Waals surface area contributed by atoms with Crippen molar-refractivity contribution in [3.05, 3.63) is 122 Å². The fourth-order valence-electron chi connectivity index (χ4n) is 12.6. The Morgan fingerprint density at radius 1 is 0.301 bits per heavy atom. The zero-order valence-corrected chi connectivity index (χ0v) is 68.2. The summed E-state index contributed by atoms with van der Waals surface area (Å²) in [5.41, 5.74) is 0. The summed E-state index contributed by atoms with van der Waals surface area (Å²) < 4.78 is 23.1. The maximum Gasteiger partial charge on any atom is 0.361 e. The molecule has 0 rings (SSSR count). The number of allylic oxidation sites excluding steroid dienone is 20. The van der Waals surface area contributed by atoms with Crippen LogP contribution in [0.4, 0.5) is 0 Å². The highest BCUT2D eigenvalue weighted by Gasteiger charge is 2.25. The van der Waals surface area contributed by atoms with Crippen LogP contribution >= 0.6 is 0 Å². The molecule has 594 valence electrons. The molecule has 103 heavy (non-hydrogen) atoms. The molecule has 0 aromatic heterocycles. The number of hydrogen-bond donors (Lipinski definition) is 1. The zero-order chi connectivity index (χ0) is 74.6. The van der Waals surface area contributed by atoms with E-state index in [1.165, 1.54) is 257 Å². The lowest BCUT2D eigenvalue weighted by atomic mass is 10.0. The van der Waals surface area contributed by atoms with Gasteiger partial charge in [0.15, 0.2) is 6.10 Å². The second-order valence-corrected chi connectivity index (χ2v) is 30.5. The third-order valence-electron chi connectivity index (χ3n) is 19.2. The van der Waals surface area contributed by atoms with E-state index in [1.807, 2.05) is 21.1 Å². The molecule has 0 aliphatic carbocycles. The first-order chi connectivity index (χ1) is 50.6. The van der Waals surface area contributed by atoms with Crippen molar-refractivity contribution in [3.8, 4) is 0 Å². The molecule has 0 saturated heterocycles. The smallest absolute Gasteiger partial charge is 0.361 e. The number of carboxylic acids is 1. The summed E-state index contributed by atoms with van der Waals surface area (Å²) in [6.07, 6.45) is 117. The van der Waals surface area contributed by atoms with Gasteiger partial charge in [-0.2, -0.15) is 0 Å². The molecule has 0 aromatic rings. The number of unbranched alkanes of at least 4 members (excludes halogenated alkanes) is 46. The molecule has 0 bridgehead atoms. The number of hydrogen-bond acceptors (Lipinski definition) is 7. The summed E-state index contributed by atoms with van der Waals surface area (Å²) in [6, 6.07) is 0. The van der Waals surface area contributed by atoms with E-state index in [1.54, 1.807) is 0 Å². The van der Waals surface area contributed by atoms with Gasteiger partial charge in [0.05, 0.1) is 34.4 Å². The van der Waals surface area contributed by atoms with Crippen LogP contribution in [0.15, 0.2) is 122 Å². The number of likely N-dealkylation sites (N-methyl/N-ethyl adjacent to an activating group) is 1. The normalized spacial score (nSPS) is 13.2. The van der Waals surface area contributed by atoms with Crippen molar-refractivity contribution < 1.29 is 42.9 Å². The summed E-state index contributed by atoms with van der Waals surface area (Å²) in [4.78, 5) is 37.8. The Balaban J connectivity index is 4.01. The van der Waals surface area contributed by atoms with Gasteiger partial charge in [-0.25, -0.2) is 4.79 Å². The third kappa shape index (κ3) is 84.8. The van der Waals surface area contributed by atoms with Crippen LogP contribution < -0.4 is 0 Å². The summed E-state index contributed by atoms with van der Waals surface area (Å²) in [5, 5.41) is 9.79. The SMILES string of the molecule is CC/C=C\C/C=C\C/C=C\C/C=C\C/C=C\C/C=C\C/C=C\C/C=C\C/C=C\C/C=C\CCCCCCCCCCC(=O)OC(COC(=O)CCCCCCCCCCCCCCCCCCCCCCCCCCCCCCCCCCCCCCCCC)COC(OCC[N+](C)(C)C)C(=O)O. The molecule has 0 amide bonds. The molecular weight excluding hydrogens is 1270 g/mol. The van der Waals surface area contributed by atoms with E-state index in [9.17, 15) is 19.5 Å². The summed E-state index contributed by atoms with van der Waals surface area (Å²) >= 11 is 0. The van der Waals surface area contributed by atoms with Crippen molar-refractivity contribution in [1.82, 2.24) is 0 Å². The van der Waals surface area contributed by atoms with Crippen molar-refractivity contribution in [2.45, 2.75) is 411 Å². The average molecular weight is 1440 g/mol. The molecule has 0 heterocycles. The van der Waals surface area contributed by atoms with Gasteiger partial charge in [-0.3, -0.25) is 9.59 Å². The van der Waals surface area contributed by atoms with Gasteiger partial charge in [0.2, 0.25) is 0 Å². The van der Waals surface area contributed by atoms with E-state index in [0.29, 0.717) is 23.9 Å². The van der Waals surface area contributed by atoms with E-state index in [-0.39, 0.29) is 32.2 Å². The monoisotopic (exact) mass is 1440 g/mol. The Bertz CT molecular complexity index is 2120. The molecular formula is C94H166NO8+. The van der Waals surface area contributed by atoms with Crippen LogP contribution in [0.25, 0.3) is 0 Å². The quantitative estimate of drug-likeness (QED) is 0.0211. The van der Waals surface area contributed by atoms with Crippen LogP contribution in [-0.2, 0) is 33.3 Å². The van der Waals surface area contributed by atoms with Crippen LogP contribution in [-0.4, -0.2) is 87.4 Å². The highest BCUT2D eigenvalue weighted by Crippen LogP contribution is 2.20. The molecule has 0 saturated carbocycles. The van der Waals surface area contributed by atoms with Gasteiger partial charge in [0.25, 0.3) is 6.29 Å². The number of esters is 2. The van der Waals surface area contributed by atoms with Crippen LogP contribution in [0.5, 0.6) is 0 Å². The van der Waals surface area contributed by atoms with Gasteiger partial charge in [-0.05, 0) is 89.9 Å². The largest absolute Gasteiger partial charge is 0.477 e. The number of carboxylic acid groups (broad SMARTS) is 1. The summed E-state index contributed by atoms with van der Waals surface area (Å²) in [5.74, 6) is -2.00. The Hall–Kier alpha value is -4.31. The lowest BCUT2D eigenvalue weighted by molar-refractivity contribution is -0.870. The van der Waals surface area contributed by atoms with Crippen LogP contribution in [0.1, 0.15) is 399 Å². The lowest BCUT2D eigenvalue weighted by Crippen LogP contribution is -2.40. The third-order valence-corrected chi connectivity index (χ3v) is 19.2. The van der Waals surface area contributed by atoms with E-state index in [4.69, 9.17) is 18.9 Å². The Kier molecular flexibility index (Phi) is 79.8. The van der Waals surface area contributed by atoms with E-state index < -0.39 is 24.3 Å². The standard InChI is InChI=1S/C94H165NO8/c1-6-8-10-12-14-16-18-20-22-24-26-28-30-32-34-36-38-40-42-44-46-48-50-52-54-56-58-60-62-64-66-68-70-72-74-76-78-80-82-84-91(96)101-88-90(89-102-94(93(98)99)100-87-86-95(3,4)5)103-92(97)85-83-81-79-77-75-73-71-69-67-65-63-61-59-57-55-53-51-49-47-45-43-41-39-37-35-33-31-29-27-25-23-21-19-17-15-13-11-9-7-2/h9,11,15,17,21,23,27,29,33,35,39,41,45,47,51,53,57,59,63,65,90,94H,6-8,10,12-14,16,18-20,22,24-26,28,30-32,34,36-38,40,42-44,46,48-50,52,54-56,58,60-62,64,66-89H2,1-5H3/p+1/b11-9-,17-15-,23-21-,29-27-,35-33-,41-39-,47-45-,53-51-,59-57-,65-63-. The number of quaternary nitrogens is 1. The van der Waals surface area contributed by atoms with Gasteiger partial charge in [-0.15, -0.1) is 0 Å². The van der Waals surface area contributed by atoms with Gasteiger partial charge in [0, 0.05) is 12.8 Å². The van der Waals surface area contributed by atoms with Crippen LogP contribution in [0, 0.1) is 0 Å². The minimum Gasteiger partial charge on any atom is -0.477 e. The molecule has 2 unspecified atom stereocenters. The number of carbonyl (C=O) groups excluding carboxylic acids is 2. The molecule has 0 aromatic carbocycles. The molecule has 0 aliphatic heterocycles. The first kappa shape index (κ1) is 98.7. The number of nitrogens with zero attached hydrogens (tertiary/aromatic N) is 1. The number of rotatable bonds is 81. The second-order valence-electron chi connectivity index (χ2n) is 30.5. The van der Waals surface area contributed by atoms with Crippen molar-refractivity contribution in [3.63, 3.8) is 0 Å². The van der Waals surface area contributed by atoms with Crippen LogP contribution in [0.3, 0.4) is 0 Å². The fraction of sp³-hybridized carbons (Fsp3) is 0.755. The topological polar surface area (TPSA) is 108 Å². The number of aliphatic carboxylic acids is 1. The molecule has 9 nitrogen and oxygen atoms in total. The van der Waals surface area contributed by atoms with Crippen LogP contribution in [0.2, 0.25) is 0 Å². The van der Waals surface area contributed by atoms with E-state index >= 15 is 0 Å². The van der Waals surface area contributed by atoms with E-state index in [0.717, 1.165) is 109 Å². The molecule has 0 spiro atoms. The fourth-order valence-corrected chi connectivity index (χ4v) is 12.6. The van der Waals surface area contributed by atoms with Crippen molar-refractivity contribution in [2.75, 3.05) is 47.5 Å². The Morgan fingerprint density at radius 3 is 0.825 bits per heavy atom. The zero-order valence-electron chi connectivity index (χ0n) is 68.2. The highest BCUT2D eigenvalue weighted by molar-refractivity contribution is 5.71. The summed E-state index contributed by atoms with van der Waals surface area (Å²) in [7, 11) is 5.99. The van der Waals surface area contributed by atoms with Gasteiger partial charge < -0.3 is 28.5 Å². The van der Waals surface area contributed by atoms with Crippen molar-refractivity contribution in [1.29, 1.82) is 0 Å². The molecule has 0 radical (unpaired) electrons. The molecule has 1 N–H and O–H groups in total. The maximum atomic E-state index is 13.0. The average Bonchev–Trinajstić information content (AvgIpc) is 0.985. The Morgan fingerprint density at radius 2 is 0.553 bits per heavy atom. The Labute approximate surface area is 637 Å². The van der Waals surface area contributed by atoms with Crippen molar-refractivity contribution in [2.24, 2.45) is 0 Å². The van der Waals surface area contributed by atoms with Gasteiger partial charge in [0.1, 0.15) is 13.2 Å².